The van der Waals surface area contributed by atoms with Crippen LogP contribution in [0.4, 0.5) is 0 Å². The number of ether oxygens (including phenoxy) is 1. The maximum Gasteiger partial charge on any atom is 0.123 e. The number of methoxy groups -OCH3 is 1. The quantitative estimate of drug-likeness (QED) is 0.634. The minimum absolute atomic E-state index is 0.291. The van der Waals surface area contributed by atoms with E-state index in [0.717, 1.165) is 26.9 Å². The van der Waals surface area contributed by atoms with Gasteiger partial charge in [-0.2, -0.15) is 0 Å². The van der Waals surface area contributed by atoms with Crippen molar-refractivity contribution in [3.8, 4) is 5.75 Å². The maximum absolute atomic E-state index is 6.56. The largest absolute Gasteiger partial charge is 0.496 e. The molecule has 0 spiro atoms. The van der Waals surface area contributed by atoms with Crippen LogP contribution in [-0.4, -0.2) is 7.11 Å². The number of halogens is 3. The average molecular weight is 360 g/mol. The van der Waals surface area contributed by atoms with Gasteiger partial charge in [-0.3, -0.25) is 0 Å². The number of rotatable bonds is 3. The highest BCUT2D eigenvalue weighted by atomic mass is 79.9. The number of alkyl halides is 1. The summed E-state index contributed by atoms with van der Waals surface area (Å²) < 4.78 is 6.23. The number of hydrogen-bond donors (Lipinski definition) is 0. The van der Waals surface area contributed by atoms with E-state index in [9.17, 15) is 0 Å². The lowest BCUT2D eigenvalue weighted by Gasteiger charge is -2.15. The molecule has 2 aromatic carbocycles. The van der Waals surface area contributed by atoms with Crippen LogP contribution in [-0.2, 0) is 0 Å². The average Bonchev–Trinajstić information content (AvgIpc) is 2.41. The topological polar surface area (TPSA) is 9.23 Å². The standard InChI is InChI=1S/C15H13BrCl2O/c1-9-3-6-14(19-2)11(7-9)15(18)10-4-5-12(16)13(17)8-10/h3-8,15H,1-2H3. The molecule has 0 saturated heterocycles. The highest BCUT2D eigenvalue weighted by Gasteiger charge is 2.16. The monoisotopic (exact) mass is 358 g/mol. The fourth-order valence-electron chi connectivity index (χ4n) is 1.90. The lowest BCUT2D eigenvalue weighted by molar-refractivity contribution is 0.410. The molecule has 0 saturated carbocycles. The number of hydrogen-bond acceptors (Lipinski definition) is 1. The first kappa shape index (κ1) is 14.7. The SMILES string of the molecule is COc1ccc(C)cc1C(Cl)c1ccc(Br)c(Cl)c1. The predicted octanol–water partition coefficient (Wildman–Crippen LogP) is 5.75. The van der Waals surface area contributed by atoms with Crippen LogP contribution in [0, 0.1) is 6.92 Å². The molecule has 19 heavy (non-hydrogen) atoms. The number of benzene rings is 2. The first-order valence-electron chi connectivity index (χ1n) is 5.76. The second-order valence-electron chi connectivity index (χ2n) is 4.28. The molecule has 0 radical (unpaired) electrons. The molecule has 0 aliphatic heterocycles. The summed E-state index contributed by atoms with van der Waals surface area (Å²) >= 11 is 16.0. The van der Waals surface area contributed by atoms with Gasteiger partial charge in [0.15, 0.2) is 0 Å². The minimum atomic E-state index is -0.291. The van der Waals surface area contributed by atoms with Crippen molar-refractivity contribution in [1.82, 2.24) is 0 Å². The Labute approximate surface area is 131 Å². The van der Waals surface area contributed by atoms with Gasteiger partial charge >= 0.3 is 0 Å². The molecule has 0 heterocycles. The summed E-state index contributed by atoms with van der Waals surface area (Å²) in [7, 11) is 1.65. The summed E-state index contributed by atoms with van der Waals surface area (Å²) in [5.41, 5.74) is 3.03. The van der Waals surface area contributed by atoms with Gasteiger partial charge in [-0.1, -0.05) is 35.4 Å². The van der Waals surface area contributed by atoms with Crippen LogP contribution in [0.1, 0.15) is 22.1 Å². The van der Waals surface area contributed by atoms with Gasteiger partial charge in [0, 0.05) is 10.0 Å². The van der Waals surface area contributed by atoms with Crippen molar-refractivity contribution < 1.29 is 4.74 Å². The summed E-state index contributed by atoms with van der Waals surface area (Å²) in [4.78, 5) is 0. The van der Waals surface area contributed by atoms with Crippen molar-refractivity contribution in [2.24, 2.45) is 0 Å². The Morgan fingerprint density at radius 2 is 1.89 bits per heavy atom. The first-order chi connectivity index (χ1) is 9.02. The maximum atomic E-state index is 6.56. The van der Waals surface area contributed by atoms with E-state index in [-0.39, 0.29) is 5.38 Å². The molecule has 4 heteroatoms. The van der Waals surface area contributed by atoms with Crippen LogP contribution in [0.15, 0.2) is 40.9 Å². The van der Waals surface area contributed by atoms with Gasteiger partial charge in [0.25, 0.3) is 0 Å². The van der Waals surface area contributed by atoms with Crippen molar-refractivity contribution in [2.75, 3.05) is 7.11 Å². The Morgan fingerprint density at radius 1 is 1.16 bits per heavy atom. The molecule has 2 rings (SSSR count). The van der Waals surface area contributed by atoms with E-state index in [1.54, 1.807) is 7.11 Å². The summed E-state index contributed by atoms with van der Waals surface area (Å²) in [5.74, 6) is 0.782. The highest BCUT2D eigenvalue weighted by molar-refractivity contribution is 9.10. The van der Waals surface area contributed by atoms with Crippen LogP contribution < -0.4 is 4.74 Å². The molecule has 1 unspecified atom stereocenters. The molecule has 1 nitrogen and oxygen atoms in total. The van der Waals surface area contributed by atoms with E-state index < -0.39 is 0 Å². The smallest absolute Gasteiger partial charge is 0.123 e. The summed E-state index contributed by atoms with van der Waals surface area (Å²) in [6.07, 6.45) is 0. The molecular formula is C15H13BrCl2O. The molecule has 0 amide bonds. The Morgan fingerprint density at radius 3 is 2.53 bits per heavy atom. The van der Waals surface area contributed by atoms with Gasteiger partial charge in [0.05, 0.1) is 17.5 Å². The molecule has 1 atom stereocenters. The summed E-state index contributed by atoms with van der Waals surface area (Å²) in [6, 6.07) is 11.7. The van der Waals surface area contributed by atoms with E-state index in [1.165, 1.54) is 0 Å². The number of aryl methyl sites for hydroxylation is 1. The normalized spacial score (nSPS) is 12.3. The van der Waals surface area contributed by atoms with E-state index in [0.29, 0.717) is 5.02 Å². The van der Waals surface area contributed by atoms with Crippen LogP contribution in [0.3, 0.4) is 0 Å². The summed E-state index contributed by atoms with van der Waals surface area (Å²) in [6.45, 7) is 2.03. The van der Waals surface area contributed by atoms with Gasteiger partial charge in [0.1, 0.15) is 5.75 Å². The fourth-order valence-corrected chi connectivity index (χ4v) is 2.64. The van der Waals surface area contributed by atoms with Gasteiger partial charge in [-0.05, 0) is 46.6 Å². The minimum Gasteiger partial charge on any atom is -0.496 e. The van der Waals surface area contributed by atoms with Crippen molar-refractivity contribution in [3.05, 3.63) is 62.6 Å². The third-order valence-electron chi connectivity index (χ3n) is 2.89. The molecule has 0 N–H and O–H groups in total. The second kappa shape index (κ2) is 6.17. The highest BCUT2D eigenvalue weighted by Crippen LogP contribution is 2.37. The van der Waals surface area contributed by atoms with Crippen molar-refractivity contribution in [2.45, 2.75) is 12.3 Å². The van der Waals surface area contributed by atoms with Gasteiger partial charge in [-0.15, -0.1) is 11.6 Å². The molecule has 0 aliphatic rings. The molecule has 2 aromatic rings. The van der Waals surface area contributed by atoms with E-state index in [2.05, 4.69) is 15.9 Å². The van der Waals surface area contributed by atoms with Crippen LogP contribution in [0.5, 0.6) is 5.75 Å². The van der Waals surface area contributed by atoms with Crippen LogP contribution in [0.25, 0.3) is 0 Å². The zero-order valence-corrected chi connectivity index (χ0v) is 13.7. The predicted molar refractivity (Wildman–Crippen MR) is 84.6 cm³/mol. The van der Waals surface area contributed by atoms with Crippen LogP contribution in [0.2, 0.25) is 5.02 Å². The summed E-state index contributed by atoms with van der Waals surface area (Å²) in [5, 5.41) is 0.357. The molecule has 0 fully saturated rings. The Kier molecular flexibility index (Phi) is 4.77. The van der Waals surface area contributed by atoms with Crippen molar-refractivity contribution in [1.29, 1.82) is 0 Å². The van der Waals surface area contributed by atoms with Gasteiger partial charge in [0.2, 0.25) is 0 Å². The Hall–Kier alpha value is -0.700. The molecule has 0 aliphatic carbocycles. The van der Waals surface area contributed by atoms with Crippen molar-refractivity contribution >= 4 is 39.1 Å². The van der Waals surface area contributed by atoms with Crippen molar-refractivity contribution in [3.63, 3.8) is 0 Å². The Balaban J connectivity index is 2.45. The molecule has 0 aromatic heterocycles. The Bertz CT molecular complexity index is 599. The van der Waals surface area contributed by atoms with E-state index in [4.69, 9.17) is 27.9 Å². The lowest BCUT2D eigenvalue weighted by Crippen LogP contribution is -1.98. The zero-order valence-electron chi connectivity index (χ0n) is 10.6. The van der Waals surface area contributed by atoms with Gasteiger partial charge in [-0.25, -0.2) is 0 Å². The molecule has 100 valence electrons. The molecular weight excluding hydrogens is 347 g/mol. The third-order valence-corrected chi connectivity index (χ3v) is 4.61. The molecule has 0 bridgehead atoms. The first-order valence-corrected chi connectivity index (χ1v) is 7.37. The van der Waals surface area contributed by atoms with E-state index >= 15 is 0 Å². The van der Waals surface area contributed by atoms with Crippen LogP contribution >= 0.6 is 39.1 Å². The fraction of sp³-hybridized carbons (Fsp3) is 0.200. The zero-order chi connectivity index (χ0) is 14.0. The third kappa shape index (κ3) is 3.25. The van der Waals surface area contributed by atoms with E-state index in [1.807, 2.05) is 43.3 Å². The van der Waals surface area contributed by atoms with Gasteiger partial charge < -0.3 is 4.74 Å². The lowest BCUT2D eigenvalue weighted by atomic mass is 10.0. The second-order valence-corrected chi connectivity index (χ2v) is 5.98.